The molecule has 2 aromatic carbocycles. The van der Waals surface area contributed by atoms with Gasteiger partial charge in [-0.2, -0.15) is 0 Å². The van der Waals surface area contributed by atoms with Gasteiger partial charge in [0.05, 0.1) is 17.4 Å². The second kappa shape index (κ2) is 8.83. The highest BCUT2D eigenvalue weighted by molar-refractivity contribution is 7.90. The highest BCUT2D eigenvalue weighted by Crippen LogP contribution is 2.16. The standard InChI is InChI=1S/C19H19ClO4S/c20-18-11-5-9-15(12-18)8-4-10-17(19(21)22)14-25(23,24)13-16-6-2-1-3-7-16/h1-9,11-12,17H,10,13-14H2,(H,21,22)/b8-4+/t17-/m0/s1. The minimum absolute atomic E-state index is 0.135. The van der Waals surface area contributed by atoms with Crippen LogP contribution in [0.1, 0.15) is 17.5 Å². The van der Waals surface area contributed by atoms with Crippen LogP contribution < -0.4 is 0 Å². The van der Waals surface area contributed by atoms with Crippen LogP contribution in [0.5, 0.6) is 0 Å². The first-order valence-electron chi connectivity index (χ1n) is 7.75. The van der Waals surface area contributed by atoms with Gasteiger partial charge in [0.15, 0.2) is 9.84 Å². The van der Waals surface area contributed by atoms with Crippen molar-refractivity contribution in [3.05, 3.63) is 76.8 Å². The molecule has 2 rings (SSSR count). The van der Waals surface area contributed by atoms with Crippen LogP contribution in [0.3, 0.4) is 0 Å². The summed E-state index contributed by atoms with van der Waals surface area (Å²) in [6.07, 6.45) is 3.55. The quantitative estimate of drug-likeness (QED) is 0.751. The van der Waals surface area contributed by atoms with Crippen molar-refractivity contribution in [2.45, 2.75) is 12.2 Å². The van der Waals surface area contributed by atoms with E-state index in [-0.39, 0.29) is 12.2 Å². The number of carboxylic acid groups (broad SMARTS) is 1. The molecular formula is C19H19ClO4S. The van der Waals surface area contributed by atoms with E-state index in [2.05, 4.69) is 0 Å². The van der Waals surface area contributed by atoms with E-state index in [1.54, 1.807) is 60.7 Å². The number of hydrogen-bond donors (Lipinski definition) is 1. The summed E-state index contributed by atoms with van der Waals surface area (Å²) < 4.78 is 24.6. The fraction of sp³-hybridized carbons (Fsp3) is 0.211. The Hall–Kier alpha value is -2.11. The Labute approximate surface area is 152 Å². The molecule has 1 atom stereocenters. The fourth-order valence-corrected chi connectivity index (χ4v) is 4.32. The van der Waals surface area contributed by atoms with Gasteiger partial charge in [-0.3, -0.25) is 4.79 Å². The summed E-state index contributed by atoms with van der Waals surface area (Å²) in [5.41, 5.74) is 1.49. The van der Waals surface area contributed by atoms with Crippen LogP contribution in [0, 0.1) is 5.92 Å². The van der Waals surface area contributed by atoms with Crippen LogP contribution >= 0.6 is 11.6 Å². The van der Waals surface area contributed by atoms with Crippen molar-refractivity contribution in [3.8, 4) is 0 Å². The van der Waals surface area contributed by atoms with Gasteiger partial charge in [-0.15, -0.1) is 0 Å². The molecule has 4 nitrogen and oxygen atoms in total. The zero-order valence-corrected chi connectivity index (χ0v) is 15.1. The molecule has 0 radical (unpaired) electrons. The molecule has 0 aliphatic carbocycles. The Bertz CT molecular complexity index is 845. The lowest BCUT2D eigenvalue weighted by Gasteiger charge is -2.11. The van der Waals surface area contributed by atoms with Gasteiger partial charge in [0.2, 0.25) is 0 Å². The van der Waals surface area contributed by atoms with Crippen molar-refractivity contribution in [2.75, 3.05) is 5.75 Å². The zero-order valence-electron chi connectivity index (χ0n) is 13.5. The second-order valence-corrected chi connectivity index (χ2v) is 8.31. The van der Waals surface area contributed by atoms with Gasteiger partial charge < -0.3 is 5.11 Å². The summed E-state index contributed by atoms with van der Waals surface area (Å²) in [4.78, 5) is 11.4. The largest absolute Gasteiger partial charge is 0.481 e. The van der Waals surface area contributed by atoms with Gasteiger partial charge in [-0.05, 0) is 29.7 Å². The van der Waals surface area contributed by atoms with E-state index in [9.17, 15) is 18.3 Å². The molecule has 132 valence electrons. The molecule has 0 fully saturated rings. The molecule has 25 heavy (non-hydrogen) atoms. The predicted octanol–water partition coefficient (Wildman–Crippen LogP) is 4.06. The minimum atomic E-state index is -3.52. The lowest BCUT2D eigenvalue weighted by atomic mass is 10.1. The summed E-state index contributed by atoms with van der Waals surface area (Å²) in [5.74, 6) is -2.65. The van der Waals surface area contributed by atoms with E-state index >= 15 is 0 Å². The highest BCUT2D eigenvalue weighted by Gasteiger charge is 2.24. The molecule has 2 aromatic rings. The van der Waals surface area contributed by atoms with E-state index in [0.29, 0.717) is 10.6 Å². The van der Waals surface area contributed by atoms with Crippen LogP contribution in [-0.4, -0.2) is 25.2 Å². The highest BCUT2D eigenvalue weighted by atomic mass is 35.5. The topological polar surface area (TPSA) is 71.4 Å². The molecule has 0 amide bonds. The number of allylic oxidation sites excluding steroid dienone is 1. The summed E-state index contributed by atoms with van der Waals surface area (Å²) in [7, 11) is -3.52. The Morgan fingerprint density at radius 1 is 1.12 bits per heavy atom. The maximum atomic E-state index is 12.3. The second-order valence-electron chi connectivity index (χ2n) is 5.77. The van der Waals surface area contributed by atoms with E-state index in [4.69, 9.17) is 11.6 Å². The average molecular weight is 379 g/mol. The Morgan fingerprint density at radius 2 is 1.84 bits per heavy atom. The van der Waals surface area contributed by atoms with Gasteiger partial charge in [-0.25, -0.2) is 8.42 Å². The van der Waals surface area contributed by atoms with E-state index in [1.807, 2.05) is 6.07 Å². The van der Waals surface area contributed by atoms with Crippen LogP contribution in [0.15, 0.2) is 60.7 Å². The van der Waals surface area contributed by atoms with Crippen molar-refractivity contribution in [1.82, 2.24) is 0 Å². The molecule has 0 aliphatic heterocycles. The average Bonchev–Trinajstić information content (AvgIpc) is 2.54. The van der Waals surface area contributed by atoms with Crippen molar-refractivity contribution < 1.29 is 18.3 Å². The molecule has 0 aliphatic rings. The monoisotopic (exact) mass is 378 g/mol. The molecule has 1 N–H and O–H groups in total. The third-order valence-corrected chi connectivity index (χ3v) is 5.53. The zero-order chi connectivity index (χ0) is 18.3. The van der Waals surface area contributed by atoms with Gasteiger partial charge in [-0.1, -0.05) is 66.2 Å². The maximum Gasteiger partial charge on any atom is 0.307 e. The number of carboxylic acids is 1. The number of benzene rings is 2. The molecule has 0 aromatic heterocycles. The van der Waals surface area contributed by atoms with E-state index in [1.165, 1.54) is 0 Å². The lowest BCUT2D eigenvalue weighted by molar-refractivity contribution is -0.140. The number of halogens is 1. The number of aliphatic carboxylic acids is 1. The molecule has 6 heteroatoms. The first kappa shape index (κ1) is 19.2. The Kier molecular flexibility index (Phi) is 6.79. The van der Waals surface area contributed by atoms with E-state index < -0.39 is 27.5 Å². The first-order chi connectivity index (χ1) is 11.9. The third kappa shape index (κ3) is 6.72. The van der Waals surface area contributed by atoms with Crippen LogP contribution in [0.4, 0.5) is 0 Å². The van der Waals surface area contributed by atoms with Crippen molar-refractivity contribution in [2.24, 2.45) is 5.92 Å². The normalized spacial score (nSPS) is 13.0. The van der Waals surface area contributed by atoms with Crippen LogP contribution in [0.2, 0.25) is 5.02 Å². The number of carbonyl (C=O) groups is 1. The smallest absolute Gasteiger partial charge is 0.307 e. The number of rotatable bonds is 8. The van der Waals surface area contributed by atoms with Gasteiger partial charge in [0.25, 0.3) is 0 Å². The number of hydrogen-bond acceptors (Lipinski definition) is 3. The summed E-state index contributed by atoms with van der Waals surface area (Å²) in [5, 5.41) is 9.91. The molecule has 0 heterocycles. The summed E-state index contributed by atoms with van der Waals surface area (Å²) in [6, 6.07) is 15.9. The Balaban J connectivity index is 2.01. The van der Waals surface area contributed by atoms with Crippen molar-refractivity contribution >= 4 is 33.5 Å². The van der Waals surface area contributed by atoms with Crippen molar-refractivity contribution in [3.63, 3.8) is 0 Å². The lowest BCUT2D eigenvalue weighted by Crippen LogP contribution is -2.24. The molecule has 0 saturated carbocycles. The molecule has 0 saturated heterocycles. The fourth-order valence-electron chi connectivity index (χ4n) is 2.41. The van der Waals surface area contributed by atoms with Crippen LogP contribution in [-0.2, 0) is 20.4 Å². The molecule has 0 bridgehead atoms. The Morgan fingerprint density at radius 3 is 2.48 bits per heavy atom. The maximum absolute atomic E-state index is 12.3. The summed E-state index contributed by atoms with van der Waals surface area (Å²) >= 11 is 5.89. The summed E-state index contributed by atoms with van der Waals surface area (Å²) in [6.45, 7) is 0. The molecule has 0 spiro atoms. The molecule has 0 unspecified atom stereocenters. The predicted molar refractivity (Wildman–Crippen MR) is 100 cm³/mol. The van der Waals surface area contributed by atoms with Gasteiger partial charge >= 0.3 is 5.97 Å². The first-order valence-corrected chi connectivity index (χ1v) is 9.95. The van der Waals surface area contributed by atoms with Gasteiger partial charge in [0, 0.05) is 5.02 Å². The molecular weight excluding hydrogens is 360 g/mol. The van der Waals surface area contributed by atoms with E-state index in [0.717, 1.165) is 5.56 Å². The minimum Gasteiger partial charge on any atom is -0.481 e. The van der Waals surface area contributed by atoms with Crippen LogP contribution in [0.25, 0.3) is 6.08 Å². The third-order valence-electron chi connectivity index (χ3n) is 3.61. The SMILES string of the molecule is O=C(O)[C@@H](C/C=C/c1cccc(Cl)c1)CS(=O)(=O)Cc1ccccc1. The number of sulfone groups is 1. The van der Waals surface area contributed by atoms with Gasteiger partial charge in [0.1, 0.15) is 0 Å². The van der Waals surface area contributed by atoms with Crippen molar-refractivity contribution in [1.29, 1.82) is 0 Å².